The van der Waals surface area contributed by atoms with Crippen LogP contribution in [-0.4, -0.2) is 14.2 Å². The first-order valence-electron chi connectivity index (χ1n) is 4.35. The predicted octanol–water partition coefficient (Wildman–Crippen LogP) is 1.27. The van der Waals surface area contributed by atoms with Crippen molar-refractivity contribution in [2.75, 3.05) is 0 Å². The second-order valence-corrected chi connectivity index (χ2v) is 5.01. The van der Waals surface area contributed by atoms with Crippen LogP contribution in [-0.2, 0) is 14.3 Å². The lowest BCUT2D eigenvalue weighted by atomic mass is 10.3. The van der Waals surface area contributed by atoms with Gasteiger partial charge >= 0.3 is 10.1 Å². The van der Waals surface area contributed by atoms with Crippen molar-refractivity contribution in [2.24, 2.45) is 0 Å². The second-order valence-electron chi connectivity index (χ2n) is 3.50. The molecule has 1 heterocycles. The molecule has 4 nitrogen and oxygen atoms in total. The SMILES string of the molecule is O=S1(=O)OC2(CC2)Oc2ccccc21. The van der Waals surface area contributed by atoms with Gasteiger partial charge in [0.05, 0.1) is 0 Å². The van der Waals surface area contributed by atoms with E-state index in [1.807, 2.05) is 0 Å². The molecular weight excluding hydrogens is 204 g/mol. The molecule has 0 unspecified atom stereocenters. The van der Waals surface area contributed by atoms with E-state index in [-0.39, 0.29) is 4.90 Å². The Morgan fingerprint density at radius 1 is 1.21 bits per heavy atom. The molecule has 2 aliphatic rings. The molecule has 0 saturated heterocycles. The molecule has 0 radical (unpaired) electrons. The Labute approximate surface area is 81.6 Å². The van der Waals surface area contributed by atoms with Crippen molar-refractivity contribution in [3.05, 3.63) is 24.3 Å². The third kappa shape index (κ3) is 1.06. The monoisotopic (exact) mass is 212 g/mol. The summed E-state index contributed by atoms with van der Waals surface area (Å²) in [6.45, 7) is 0. The molecule has 0 amide bonds. The van der Waals surface area contributed by atoms with E-state index in [1.165, 1.54) is 6.07 Å². The van der Waals surface area contributed by atoms with Crippen LogP contribution in [0.4, 0.5) is 0 Å². The van der Waals surface area contributed by atoms with Crippen molar-refractivity contribution < 1.29 is 17.3 Å². The van der Waals surface area contributed by atoms with Crippen molar-refractivity contribution in [3.8, 4) is 5.75 Å². The molecule has 74 valence electrons. The van der Waals surface area contributed by atoms with Gasteiger partial charge in [0.1, 0.15) is 10.6 Å². The fourth-order valence-electron chi connectivity index (χ4n) is 1.49. The topological polar surface area (TPSA) is 52.6 Å². The van der Waals surface area contributed by atoms with Crippen LogP contribution in [0.1, 0.15) is 12.8 Å². The Morgan fingerprint density at radius 3 is 2.64 bits per heavy atom. The summed E-state index contributed by atoms with van der Waals surface area (Å²) in [5.74, 6) is -0.482. The summed E-state index contributed by atoms with van der Waals surface area (Å²) in [7, 11) is -3.61. The first-order chi connectivity index (χ1) is 6.61. The Morgan fingerprint density at radius 2 is 1.93 bits per heavy atom. The molecule has 14 heavy (non-hydrogen) atoms. The Hall–Kier alpha value is -1.07. The van der Waals surface area contributed by atoms with Crippen molar-refractivity contribution in [2.45, 2.75) is 23.5 Å². The van der Waals surface area contributed by atoms with Crippen molar-refractivity contribution in [1.29, 1.82) is 0 Å². The van der Waals surface area contributed by atoms with Crippen LogP contribution in [0.3, 0.4) is 0 Å². The second kappa shape index (κ2) is 2.29. The molecule has 1 aliphatic heterocycles. The highest BCUT2D eigenvalue weighted by Crippen LogP contribution is 2.48. The summed E-state index contributed by atoms with van der Waals surface area (Å²) in [6, 6.07) is 6.53. The van der Waals surface area contributed by atoms with Crippen LogP contribution in [0.25, 0.3) is 0 Å². The molecule has 1 spiro atoms. The molecule has 5 heteroatoms. The number of ether oxygens (including phenoxy) is 1. The molecule has 0 N–H and O–H groups in total. The quantitative estimate of drug-likeness (QED) is 0.608. The smallest absolute Gasteiger partial charge is 0.304 e. The lowest BCUT2D eigenvalue weighted by molar-refractivity contribution is -0.0282. The molecule has 1 fully saturated rings. The third-order valence-electron chi connectivity index (χ3n) is 2.33. The minimum absolute atomic E-state index is 0.123. The molecule has 1 saturated carbocycles. The zero-order chi connectivity index (χ0) is 9.81. The zero-order valence-electron chi connectivity index (χ0n) is 7.26. The van der Waals surface area contributed by atoms with Gasteiger partial charge in [-0.05, 0) is 12.1 Å². The van der Waals surface area contributed by atoms with Gasteiger partial charge in [0.2, 0.25) is 5.79 Å². The normalized spacial score (nSPS) is 25.1. The first kappa shape index (κ1) is 8.26. The van der Waals surface area contributed by atoms with Crippen molar-refractivity contribution in [1.82, 2.24) is 0 Å². The van der Waals surface area contributed by atoms with Gasteiger partial charge in [-0.25, -0.2) is 4.18 Å². The maximum atomic E-state index is 11.6. The molecule has 1 aliphatic carbocycles. The van der Waals surface area contributed by atoms with Crippen LogP contribution in [0, 0.1) is 0 Å². The maximum Gasteiger partial charge on any atom is 0.304 e. The highest BCUT2D eigenvalue weighted by atomic mass is 32.2. The summed E-state index contributed by atoms with van der Waals surface area (Å²) < 4.78 is 33.7. The molecule has 3 rings (SSSR count). The predicted molar refractivity (Wildman–Crippen MR) is 47.3 cm³/mol. The standard InChI is InChI=1S/C9H8O4S/c10-14(11)8-4-2-1-3-7(8)12-9(13-14)5-6-9/h1-4H,5-6H2. The molecular formula is C9H8O4S. The minimum Gasteiger partial charge on any atom is -0.460 e. The van der Waals surface area contributed by atoms with Gasteiger partial charge in [0, 0.05) is 12.8 Å². The van der Waals surface area contributed by atoms with Crippen LogP contribution in [0.2, 0.25) is 0 Å². The number of hydrogen-bond donors (Lipinski definition) is 0. The molecule has 0 bridgehead atoms. The van der Waals surface area contributed by atoms with Gasteiger partial charge in [0.25, 0.3) is 0 Å². The fourth-order valence-corrected chi connectivity index (χ4v) is 2.78. The maximum absolute atomic E-state index is 11.6. The average Bonchev–Trinajstić information content (AvgIpc) is 2.83. The Bertz CT molecular complexity index is 487. The average molecular weight is 212 g/mol. The number of hydrogen-bond acceptors (Lipinski definition) is 4. The van der Waals surface area contributed by atoms with Crippen molar-refractivity contribution in [3.63, 3.8) is 0 Å². The Balaban J connectivity index is 2.22. The van der Waals surface area contributed by atoms with E-state index in [4.69, 9.17) is 8.92 Å². The van der Waals surface area contributed by atoms with E-state index >= 15 is 0 Å². The summed E-state index contributed by atoms with van der Waals surface area (Å²) in [5, 5.41) is 0. The van der Waals surface area contributed by atoms with Gasteiger partial charge in [0.15, 0.2) is 0 Å². The van der Waals surface area contributed by atoms with Gasteiger partial charge in [-0.2, -0.15) is 8.42 Å². The molecule has 1 aromatic rings. The van der Waals surface area contributed by atoms with E-state index in [0.29, 0.717) is 18.6 Å². The summed E-state index contributed by atoms with van der Waals surface area (Å²) >= 11 is 0. The molecule has 0 aromatic heterocycles. The fraction of sp³-hybridized carbons (Fsp3) is 0.333. The van der Waals surface area contributed by atoms with Crippen LogP contribution < -0.4 is 4.74 Å². The van der Waals surface area contributed by atoms with E-state index in [0.717, 1.165) is 0 Å². The largest absolute Gasteiger partial charge is 0.460 e. The van der Waals surface area contributed by atoms with E-state index in [9.17, 15) is 8.42 Å². The summed E-state index contributed by atoms with van der Waals surface area (Å²) in [5.41, 5.74) is 0. The van der Waals surface area contributed by atoms with Gasteiger partial charge < -0.3 is 4.74 Å². The lowest BCUT2D eigenvalue weighted by Crippen LogP contribution is -2.31. The summed E-state index contributed by atoms with van der Waals surface area (Å²) in [4.78, 5) is 0.123. The number of fused-ring (bicyclic) bond motifs is 1. The van der Waals surface area contributed by atoms with Gasteiger partial charge in [-0.15, -0.1) is 0 Å². The van der Waals surface area contributed by atoms with Crippen LogP contribution in [0.5, 0.6) is 5.75 Å². The van der Waals surface area contributed by atoms with E-state index in [2.05, 4.69) is 0 Å². The highest BCUT2D eigenvalue weighted by Gasteiger charge is 2.54. The molecule has 1 aromatic carbocycles. The first-order valence-corrected chi connectivity index (χ1v) is 5.76. The van der Waals surface area contributed by atoms with E-state index in [1.54, 1.807) is 18.2 Å². The van der Waals surface area contributed by atoms with E-state index < -0.39 is 15.9 Å². The number of rotatable bonds is 0. The number of para-hydroxylation sites is 1. The van der Waals surface area contributed by atoms with Crippen molar-refractivity contribution >= 4 is 10.1 Å². The number of benzene rings is 1. The minimum atomic E-state index is -3.61. The van der Waals surface area contributed by atoms with Crippen LogP contribution in [0.15, 0.2) is 29.2 Å². The third-order valence-corrected chi connectivity index (χ3v) is 3.73. The van der Waals surface area contributed by atoms with Gasteiger partial charge in [-0.3, -0.25) is 0 Å². The highest BCUT2D eigenvalue weighted by molar-refractivity contribution is 7.87. The van der Waals surface area contributed by atoms with Gasteiger partial charge in [-0.1, -0.05) is 12.1 Å². The zero-order valence-corrected chi connectivity index (χ0v) is 8.08. The van der Waals surface area contributed by atoms with Crippen LogP contribution >= 0.6 is 0 Å². The Kier molecular flexibility index (Phi) is 1.35. The summed E-state index contributed by atoms with van der Waals surface area (Å²) in [6.07, 6.45) is 1.28. The lowest BCUT2D eigenvalue weighted by Gasteiger charge is -2.25. The molecule has 0 atom stereocenters.